The summed E-state index contributed by atoms with van der Waals surface area (Å²) in [7, 11) is 0. The van der Waals surface area contributed by atoms with E-state index in [1.807, 2.05) is 28.0 Å². The van der Waals surface area contributed by atoms with E-state index in [1.165, 1.54) is 12.8 Å². The second kappa shape index (κ2) is 8.48. The van der Waals surface area contributed by atoms with Crippen molar-refractivity contribution in [3.05, 3.63) is 35.9 Å². The van der Waals surface area contributed by atoms with Crippen molar-refractivity contribution in [2.45, 2.75) is 45.2 Å². The van der Waals surface area contributed by atoms with Gasteiger partial charge in [-0.05, 0) is 37.9 Å². The molecular weight excluding hydrogens is 314 g/mol. The standard InChI is InChI=1S/C20H29N3O2/c1-2-18-15-22(20(25)16-21-11-6-7-12-21)13-10-19(24)23(18)14-17-8-4-3-5-9-17/h3-5,8-9,18H,2,6-7,10-16H2,1H3/t18-/m1/s1. The van der Waals surface area contributed by atoms with Crippen molar-refractivity contribution in [2.24, 2.45) is 0 Å². The Morgan fingerprint density at radius 3 is 2.52 bits per heavy atom. The van der Waals surface area contributed by atoms with Gasteiger partial charge < -0.3 is 9.80 Å². The quantitative estimate of drug-likeness (QED) is 0.823. The smallest absolute Gasteiger partial charge is 0.236 e. The Kier molecular flexibility index (Phi) is 6.08. The summed E-state index contributed by atoms with van der Waals surface area (Å²) >= 11 is 0. The first-order chi connectivity index (χ1) is 12.2. The Bertz CT molecular complexity index is 584. The minimum Gasteiger partial charge on any atom is -0.339 e. The zero-order valence-electron chi connectivity index (χ0n) is 15.2. The summed E-state index contributed by atoms with van der Waals surface area (Å²) in [6.07, 6.45) is 3.67. The molecule has 1 atom stereocenters. The normalized spacial score (nSPS) is 22.3. The number of hydrogen-bond acceptors (Lipinski definition) is 3. The first-order valence-corrected chi connectivity index (χ1v) is 9.51. The third-order valence-corrected chi connectivity index (χ3v) is 5.37. The van der Waals surface area contributed by atoms with Crippen molar-refractivity contribution in [3.63, 3.8) is 0 Å². The highest BCUT2D eigenvalue weighted by Gasteiger charge is 2.31. The monoisotopic (exact) mass is 343 g/mol. The van der Waals surface area contributed by atoms with Gasteiger partial charge in [0.2, 0.25) is 11.8 Å². The highest BCUT2D eigenvalue weighted by molar-refractivity contribution is 5.81. The van der Waals surface area contributed by atoms with Gasteiger partial charge in [-0.25, -0.2) is 0 Å². The minimum atomic E-state index is 0.0951. The van der Waals surface area contributed by atoms with Crippen LogP contribution in [0.15, 0.2) is 30.3 Å². The van der Waals surface area contributed by atoms with Gasteiger partial charge in [-0.3, -0.25) is 14.5 Å². The molecule has 0 radical (unpaired) electrons. The molecule has 0 saturated carbocycles. The molecule has 0 aliphatic carbocycles. The number of carbonyl (C=O) groups excluding carboxylic acids is 2. The third kappa shape index (κ3) is 4.60. The van der Waals surface area contributed by atoms with Gasteiger partial charge in [0.15, 0.2) is 0 Å². The Morgan fingerprint density at radius 2 is 1.84 bits per heavy atom. The molecule has 2 aliphatic rings. The Hall–Kier alpha value is -1.88. The molecule has 5 nitrogen and oxygen atoms in total. The van der Waals surface area contributed by atoms with Crippen LogP contribution in [-0.4, -0.2) is 65.3 Å². The van der Waals surface area contributed by atoms with Crippen LogP contribution in [0.5, 0.6) is 0 Å². The summed E-state index contributed by atoms with van der Waals surface area (Å²) in [5.41, 5.74) is 1.14. The Balaban J connectivity index is 1.66. The van der Waals surface area contributed by atoms with Gasteiger partial charge >= 0.3 is 0 Å². The molecule has 0 unspecified atom stereocenters. The van der Waals surface area contributed by atoms with Gasteiger partial charge in [0, 0.05) is 32.1 Å². The minimum absolute atomic E-state index is 0.0951. The highest BCUT2D eigenvalue weighted by atomic mass is 16.2. The predicted octanol–water partition coefficient (Wildman–Crippen LogP) is 2.12. The maximum absolute atomic E-state index is 12.7. The maximum Gasteiger partial charge on any atom is 0.236 e. The number of nitrogens with zero attached hydrogens (tertiary/aromatic N) is 3. The van der Waals surface area contributed by atoms with Crippen LogP contribution < -0.4 is 0 Å². The highest BCUT2D eigenvalue weighted by Crippen LogP contribution is 2.18. The molecule has 1 aromatic carbocycles. The number of amides is 2. The summed E-state index contributed by atoms with van der Waals surface area (Å²) in [5.74, 6) is 0.335. The maximum atomic E-state index is 12.7. The molecule has 0 N–H and O–H groups in total. The largest absolute Gasteiger partial charge is 0.339 e. The molecule has 2 amide bonds. The zero-order chi connectivity index (χ0) is 17.6. The summed E-state index contributed by atoms with van der Waals surface area (Å²) in [4.78, 5) is 31.5. The molecule has 2 heterocycles. The van der Waals surface area contributed by atoms with Gasteiger partial charge in [0.1, 0.15) is 0 Å². The van der Waals surface area contributed by atoms with E-state index in [9.17, 15) is 9.59 Å². The van der Waals surface area contributed by atoms with Crippen LogP contribution in [0.2, 0.25) is 0 Å². The zero-order valence-corrected chi connectivity index (χ0v) is 15.2. The fraction of sp³-hybridized carbons (Fsp3) is 0.600. The summed E-state index contributed by atoms with van der Waals surface area (Å²) in [6.45, 7) is 6.49. The first-order valence-electron chi connectivity index (χ1n) is 9.51. The van der Waals surface area contributed by atoms with Gasteiger partial charge in [0.25, 0.3) is 0 Å². The molecule has 1 aromatic rings. The molecule has 2 saturated heterocycles. The lowest BCUT2D eigenvalue weighted by molar-refractivity contribution is -0.133. The van der Waals surface area contributed by atoms with Crippen LogP contribution in [0.3, 0.4) is 0 Å². The van der Waals surface area contributed by atoms with E-state index >= 15 is 0 Å². The van der Waals surface area contributed by atoms with Crippen molar-refractivity contribution in [3.8, 4) is 0 Å². The van der Waals surface area contributed by atoms with E-state index < -0.39 is 0 Å². The molecule has 25 heavy (non-hydrogen) atoms. The first kappa shape index (κ1) is 17.9. The number of hydrogen-bond donors (Lipinski definition) is 0. The van der Waals surface area contributed by atoms with Crippen LogP contribution >= 0.6 is 0 Å². The van der Waals surface area contributed by atoms with Crippen molar-refractivity contribution in [2.75, 3.05) is 32.7 Å². The Labute approximate surface area is 150 Å². The van der Waals surface area contributed by atoms with Gasteiger partial charge in [0.05, 0.1) is 6.54 Å². The van der Waals surface area contributed by atoms with E-state index in [0.717, 1.165) is 25.1 Å². The number of carbonyl (C=O) groups is 2. The van der Waals surface area contributed by atoms with Gasteiger partial charge in [-0.15, -0.1) is 0 Å². The molecule has 0 aromatic heterocycles. The molecule has 0 spiro atoms. The van der Waals surface area contributed by atoms with Crippen LogP contribution in [0.4, 0.5) is 0 Å². The second-order valence-electron chi connectivity index (χ2n) is 7.14. The number of rotatable bonds is 5. The van der Waals surface area contributed by atoms with Crippen LogP contribution in [0.1, 0.15) is 38.2 Å². The molecule has 3 rings (SSSR count). The van der Waals surface area contributed by atoms with E-state index in [0.29, 0.717) is 32.6 Å². The SMILES string of the molecule is CC[C@@H]1CN(C(=O)CN2CCCC2)CCC(=O)N1Cc1ccccc1. The van der Waals surface area contributed by atoms with Crippen LogP contribution in [-0.2, 0) is 16.1 Å². The van der Waals surface area contributed by atoms with Crippen molar-refractivity contribution < 1.29 is 9.59 Å². The average molecular weight is 343 g/mol. The molecular formula is C20H29N3O2. The number of benzene rings is 1. The van der Waals surface area contributed by atoms with Crippen LogP contribution in [0, 0.1) is 0 Å². The van der Waals surface area contributed by atoms with Gasteiger partial charge in [-0.2, -0.15) is 0 Å². The molecule has 2 aliphatic heterocycles. The molecule has 0 bridgehead atoms. The lowest BCUT2D eigenvalue weighted by atomic mass is 10.1. The van der Waals surface area contributed by atoms with E-state index in [2.05, 4.69) is 24.0 Å². The second-order valence-corrected chi connectivity index (χ2v) is 7.14. The summed E-state index contributed by atoms with van der Waals surface area (Å²) in [5, 5.41) is 0. The van der Waals surface area contributed by atoms with Crippen molar-refractivity contribution >= 4 is 11.8 Å². The summed E-state index contributed by atoms with van der Waals surface area (Å²) in [6, 6.07) is 10.2. The molecule has 136 valence electrons. The topological polar surface area (TPSA) is 43.9 Å². The average Bonchev–Trinajstić information content (AvgIpc) is 3.08. The van der Waals surface area contributed by atoms with E-state index in [4.69, 9.17) is 0 Å². The van der Waals surface area contributed by atoms with Crippen molar-refractivity contribution in [1.82, 2.24) is 14.7 Å². The Morgan fingerprint density at radius 1 is 1.12 bits per heavy atom. The van der Waals surface area contributed by atoms with Crippen molar-refractivity contribution in [1.29, 1.82) is 0 Å². The predicted molar refractivity (Wildman–Crippen MR) is 97.9 cm³/mol. The van der Waals surface area contributed by atoms with Gasteiger partial charge in [-0.1, -0.05) is 37.3 Å². The number of likely N-dealkylation sites (tertiary alicyclic amines) is 1. The molecule has 2 fully saturated rings. The van der Waals surface area contributed by atoms with Crippen LogP contribution in [0.25, 0.3) is 0 Å². The summed E-state index contributed by atoms with van der Waals surface area (Å²) < 4.78 is 0. The fourth-order valence-corrected chi connectivity index (χ4v) is 3.83. The third-order valence-electron chi connectivity index (χ3n) is 5.37. The lowest BCUT2D eigenvalue weighted by Crippen LogP contribution is -2.46. The lowest BCUT2D eigenvalue weighted by Gasteiger charge is -2.32. The fourth-order valence-electron chi connectivity index (χ4n) is 3.83. The molecule has 5 heteroatoms. The van der Waals surface area contributed by atoms with E-state index in [-0.39, 0.29) is 17.9 Å². The van der Waals surface area contributed by atoms with E-state index in [1.54, 1.807) is 0 Å².